The Labute approximate surface area is 156 Å². The van der Waals surface area contributed by atoms with E-state index in [0.29, 0.717) is 19.2 Å². The zero-order valence-electron chi connectivity index (χ0n) is 17.4. The highest BCUT2D eigenvalue weighted by atomic mass is 16.5. The van der Waals surface area contributed by atoms with Crippen LogP contribution in [0, 0.1) is 0 Å². The maximum absolute atomic E-state index is 12.1. The van der Waals surface area contributed by atoms with Crippen molar-refractivity contribution in [2.24, 2.45) is 5.73 Å². The SMILES string of the molecule is CC.CCCN1CC(N)(C(=O)NCCCCCCCCOC(C)C)C1. The number of hydrogen-bond donors (Lipinski definition) is 2. The second-order valence-corrected chi connectivity index (χ2v) is 7.16. The fourth-order valence-corrected chi connectivity index (χ4v) is 3.00. The molecule has 1 fully saturated rings. The second kappa shape index (κ2) is 14.5. The maximum Gasteiger partial charge on any atom is 0.242 e. The summed E-state index contributed by atoms with van der Waals surface area (Å²) < 4.78 is 5.52. The molecule has 0 bridgehead atoms. The average Bonchev–Trinajstić information content (AvgIpc) is 2.56. The lowest BCUT2D eigenvalue weighted by atomic mass is 9.89. The molecule has 1 aliphatic heterocycles. The first-order chi connectivity index (χ1) is 12.0. The molecule has 1 heterocycles. The molecule has 150 valence electrons. The summed E-state index contributed by atoms with van der Waals surface area (Å²) in [6.07, 6.45) is 8.54. The molecular formula is C20H43N3O2. The third-order valence-electron chi connectivity index (χ3n) is 4.31. The van der Waals surface area contributed by atoms with E-state index < -0.39 is 5.54 Å². The molecule has 0 atom stereocenters. The minimum Gasteiger partial charge on any atom is -0.379 e. The lowest BCUT2D eigenvalue weighted by Crippen LogP contribution is -2.73. The topological polar surface area (TPSA) is 67.6 Å². The number of hydrogen-bond acceptors (Lipinski definition) is 4. The van der Waals surface area contributed by atoms with Gasteiger partial charge in [0.1, 0.15) is 5.54 Å². The molecule has 1 saturated heterocycles. The van der Waals surface area contributed by atoms with E-state index >= 15 is 0 Å². The van der Waals surface area contributed by atoms with Crippen molar-refractivity contribution in [1.82, 2.24) is 10.2 Å². The average molecular weight is 358 g/mol. The van der Waals surface area contributed by atoms with E-state index in [9.17, 15) is 4.79 Å². The van der Waals surface area contributed by atoms with Crippen molar-refractivity contribution in [3.05, 3.63) is 0 Å². The van der Waals surface area contributed by atoms with Crippen molar-refractivity contribution in [2.75, 3.05) is 32.8 Å². The Morgan fingerprint density at radius 3 is 2.24 bits per heavy atom. The van der Waals surface area contributed by atoms with Crippen LogP contribution in [0.15, 0.2) is 0 Å². The first-order valence-electron chi connectivity index (χ1n) is 10.4. The molecule has 0 unspecified atom stereocenters. The molecular weight excluding hydrogens is 314 g/mol. The van der Waals surface area contributed by atoms with Crippen LogP contribution in [0.3, 0.4) is 0 Å². The van der Waals surface area contributed by atoms with Gasteiger partial charge in [0, 0.05) is 26.2 Å². The Morgan fingerprint density at radius 1 is 1.12 bits per heavy atom. The van der Waals surface area contributed by atoms with Crippen LogP contribution in [0.5, 0.6) is 0 Å². The number of ether oxygens (including phenoxy) is 1. The Hall–Kier alpha value is -0.650. The van der Waals surface area contributed by atoms with Crippen LogP contribution >= 0.6 is 0 Å². The highest BCUT2D eigenvalue weighted by Gasteiger charge is 2.45. The number of carbonyl (C=O) groups is 1. The Balaban J connectivity index is 0.00000277. The number of nitrogens with one attached hydrogen (secondary N) is 1. The Morgan fingerprint density at radius 2 is 1.68 bits per heavy atom. The van der Waals surface area contributed by atoms with E-state index in [2.05, 4.69) is 31.0 Å². The minimum absolute atomic E-state index is 0.0238. The van der Waals surface area contributed by atoms with Gasteiger partial charge in [-0.1, -0.05) is 46.5 Å². The van der Waals surface area contributed by atoms with Crippen molar-refractivity contribution in [2.45, 2.75) is 91.2 Å². The predicted molar refractivity (Wildman–Crippen MR) is 107 cm³/mol. The van der Waals surface area contributed by atoms with Crippen molar-refractivity contribution >= 4 is 5.91 Å². The molecule has 3 N–H and O–H groups in total. The molecule has 5 heteroatoms. The lowest BCUT2D eigenvalue weighted by Gasteiger charge is -2.46. The molecule has 25 heavy (non-hydrogen) atoms. The normalized spacial score (nSPS) is 16.1. The largest absolute Gasteiger partial charge is 0.379 e. The smallest absolute Gasteiger partial charge is 0.242 e. The third-order valence-corrected chi connectivity index (χ3v) is 4.31. The number of amides is 1. The molecule has 0 aromatic heterocycles. The van der Waals surface area contributed by atoms with E-state index in [1.165, 1.54) is 25.7 Å². The zero-order chi connectivity index (χ0) is 19.1. The summed E-state index contributed by atoms with van der Waals surface area (Å²) >= 11 is 0. The molecule has 0 saturated carbocycles. The fourth-order valence-electron chi connectivity index (χ4n) is 3.00. The lowest BCUT2D eigenvalue weighted by molar-refractivity contribution is -0.132. The van der Waals surface area contributed by atoms with Gasteiger partial charge in [0.25, 0.3) is 0 Å². The summed E-state index contributed by atoms with van der Waals surface area (Å²) in [6, 6.07) is 0. The second-order valence-electron chi connectivity index (χ2n) is 7.16. The monoisotopic (exact) mass is 357 g/mol. The molecule has 0 spiro atoms. The third kappa shape index (κ3) is 10.8. The van der Waals surface area contributed by atoms with Gasteiger partial charge in [-0.05, 0) is 39.7 Å². The zero-order valence-corrected chi connectivity index (χ0v) is 17.4. The molecule has 0 aliphatic carbocycles. The molecule has 0 radical (unpaired) electrons. The van der Waals surface area contributed by atoms with Gasteiger partial charge in [0.05, 0.1) is 6.10 Å². The summed E-state index contributed by atoms with van der Waals surface area (Å²) in [5.74, 6) is 0.0238. The van der Waals surface area contributed by atoms with Gasteiger partial charge in [-0.3, -0.25) is 9.69 Å². The number of nitrogens with zero attached hydrogens (tertiary/aromatic N) is 1. The number of rotatable bonds is 13. The van der Waals surface area contributed by atoms with Crippen LogP contribution in [0.25, 0.3) is 0 Å². The van der Waals surface area contributed by atoms with E-state index in [1.807, 2.05) is 13.8 Å². The van der Waals surface area contributed by atoms with E-state index in [1.54, 1.807) is 0 Å². The van der Waals surface area contributed by atoms with Gasteiger partial charge in [-0.15, -0.1) is 0 Å². The molecule has 5 nitrogen and oxygen atoms in total. The summed E-state index contributed by atoms with van der Waals surface area (Å²) in [5.41, 5.74) is 5.48. The quantitative estimate of drug-likeness (QED) is 0.496. The van der Waals surface area contributed by atoms with Gasteiger partial charge in [0.15, 0.2) is 0 Å². The first-order valence-corrected chi connectivity index (χ1v) is 10.4. The maximum atomic E-state index is 12.1. The summed E-state index contributed by atoms with van der Waals surface area (Å²) in [7, 11) is 0. The van der Waals surface area contributed by atoms with Crippen molar-refractivity contribution in [1.29, 1.82) is 0 Å². The van der Waals surface area contributed by atoms with Crippen LogP contribution in [0.1, 0.15) is 79.6 Å². The first kappa shape index (κ1) is 24.4. The van der Waals surface area contributed by atoms with Crippen LogP contribution in [0.4, 0.5) is 0 Å². The van der Waals surface area contributed by atoms with Crippen LogP contribution < -0.4 is 11.1 Å². The van der Waals surface area contributed by atoms with Crippen LogP contribution in [0.2, 0.25) is 0 Å². The highest BCUT2D eigenvalue weighted by molar-refractivity contribution is 5.87. The molecule has 1 rings (SSSR count). The van der Waals surface area contributed by atoms with E-state index in [0.717, 1.165) is 39.0 Å². The molecule has 0 aromatic carbocycles. The molecule has 0 aromatic rings. The highest BCUT2D eigenvalue weighted by Crippen LogP contribution is 2.18. The van der Waals surface area contributed by atoms with Crippen LogP contribution in [-0.2, 0) is 9.53 Å². The number of carbonyl (C=O) groups excluding carboxylic acids is 1. The predicted octanol–water partition coefficient (Wildman–Crippen LogP) is 3.32. The molecule has 1 amide bonds. The van der Waals surface area contributed by atoms with E-state index in [4.69, 9.17) is 10.5 Å². The van der Waals surface area contributed by atoms with Gasteiger partial charge in [0.2, 0.25) is 5.91 Å². The van der Waals surface area contributed by atoms with Crippen molar-refractivity contribution in [3.63, 3.8) is 0 Å². The van der Waals surface area contributed by atoms with Crippen molar-refractivity contribution in [3.8, 4) is 0 Å². The van der Waals surface area contributed by atoms with Crippen molar-refractivity contribution < 1.29 is 9.53 Å². The summed E-state index contributed by atoms with van der Waals surface area (Å²) in [4.78, 5) is 14.3. The number of likely N-dealkylation sites (tertiary alicyclic amines) is 1. The van der Waals surface area contributed by atoms with E-state index in [-0.39, 0.29) is 5.91 Å². The number of nitrogens with two attached hydrogens (primary N) is 1. The summed E-state index contributed by atoms with van der Waals surface area (Å²) in [5, 5.41) is 3.00. The molecule has 1 aliphatic rings. The van der Waals surface area contributed by atoms with Gasteiger partial charge in [-0.2, -0.15) is 0 Å². The Kier molecular flexibility index (Phi) is 14.1. The standard InChI is InChI=1S/C18H37N3O2.C2H6/c1-4-12-21-14-18(19,15-21)17(22)20-11-9-7-5-6-8-10-13-23-16(2)3;1-2/h16H,4-15,19H2,1-3H3,(H,20,22);1-2H3. The fraction of sp³-hybridized carbons (Fsp3) is 0.950. The van der Waals surface area contributed by atoms with Gasteiger partial charge in [-0.25, -0.2) is 0 Å². The Bertz CT molecular complexity index is 329. The number of unbranched alkanes of at least 4 members (excludes halogenated alkanes) is 5. The summed E-state index contributed by atoms with van der Waals surface area (Å²) in [6.45, 7) is 14.4. The van der Waals surface area contributed by atoms with Crippen LogP contribution in [-0.4, -0.2) is 55.2 Å². The van der Waals surface area contributed by atoms with Gasteiger partial charge >= 0.3 is 0 Å². The van der Waals surface area contributed by atoms with Gasteiger partial charge < -0.3 is 15.8 Å². The minimum atomic E-state index is -0.647.